The van der Waals surface area contributed by atoms with Crippen LogP contribution in [0.1, 0.15) is 64.2 Å². The molecule has 0 bridgehead atoms. The molecule has 250 valence electrons. The van der Waals surface area contributed by atoms with Gasteiger partial charge in [-0.2, -0.15) is 0 Å². The first-order valence-electron chi connectivity index (χ1n) is 16.3. The fourth-order valence-electron chi connectivity index (χ4n) is 6.91. The van der Waals surface area contributed by atoms with Crippen LogP contribution in [0, 0.1) is 17.2 Å². The summed E-state index contributed by atoms with van der Waals surface area (Å²) >= 11 is 0. The van der Waals surface area contributed by atoms with Crippen LogP contribution in [0.4, 0.5) is 10.2 Å². The molecule has 2 atom stereocenters. The van der Waals surface area contributed by atoms with E-state index in [4.69, 9.17) is 9.47 Å². The Morgan fingerprint density at radius 2 is 1.96 bits per heavy atom. The second-order valence-electron chi connectivity index (χ2n) is 13.3. The molecule has 0 saturated carbocycles. The van der Waals surface area contributed by atoms with Crippen LogP contribution in [0.5, 0.6) is 11.6 Å². The Hall–Kier alpha value is -2.93. The van der Waals surface area contributed by atoms with Gasteiger partial charge in [-0.15, -0.1) is 10.2 Å². The quantitative estimate of drug-likeness (QED) is 0.294. The summed E-state index contributed by atoms with van der Waals surface area (Å²) in [5.41, 5.74) is 0.314. The van der Waals surface area contributed by atoms with Crippen molar-refractivity contribution in [3.8, 4) is 11.6 Å². The molecular weight excluding hydrogens is 577 g/mol. The number of aromatic nitrogens is 3. The summed E-state index contributed by atoms with van der Waals surface area (Å²) in [6, 6.07) is 4.43. The number of carbonyl (C=O) groups is 1. The molecule has 1 aromatic heterocycles. The van der Waals surface area contributed by atoms with Crippen LogP contribution in [0.3, 0.4) is 0 Å². The number of halogens is 1. The number of anilines is 1. The van der Waals surface area contributed by atoms with Crippen molar-refractivity contribution in [3.63, 3.8) is 0 Å². The number of benzene rings is 1. The zero-order valence-electron chi connectivity index (χ0n) is 28.1. The highest BCUT2D eigenvalue weighted by atomic mass is 19.1. The van der Waals surface area contributed by atoms with E-state index < -0.39 is 5.82 Å². The Kier molecular flexibility index (Phi) is 12.1. The van der Waals surface area contributed by atoms with Crippen LogP contribution in [0.25, 0.3) is 0 Å². The summed E-state index contributed by atoms with van der Waals surface area (Å²) in [7, 11) is 3.72. The number of aliphatic hydroxyl groups is 1. The molecule has 0 aliphatic carbocycles. The Labute approximate surface area is 267 Å². The normalized spacial score (nSPS) is 17.7. The summed E-state index contributed by atoms with van der Waals surface area (Å²) in [4.78, 5) is 26.6. The molecule has 12 heteroatoms. The van der Waals surface area contributed by atoms with Crippen LogP contribution in [-0.4, -0.2) is 126 Å². The van der Waals surface area contributed by atoms with Gasteiger partial charge < -0.3 is 24.4 Å². The van der Waals surface area contributed by atoms with E-state index in [0.29, 0.717) is 30.9 Å². The fourth-order valence-corrected chi connectivity index (χ4v) is 6.91. The van der Waals surface area contributed by atoms with E-state index in [2.05, 4.69) is 50.8 Å². The van der Waals surface area contributed by atoms with Crippen molar-refractivity contribution in [2.24, 2.45) is 11.3 Å². The topological polar surface area (TPSA) is 107 Å². The average molecular weight is 630 g/mol. The molecule has 2 saturated heterocycles. The lowest BCUT2D eigenvalue weighted by atomic mass is 9.76. The van der Waals surface area contributed by atoms with Crippen LogP contribution in [0.15, 0.2) is 24.5 Å². The van der Waals surface area contributed by atoms with Crippen molar-refractivity contribution in [1.82, 2.24) is 29.9 Å². The third-order valence-electron chi connectivity index (χ3n) is 9.43. The third-order valence-corrected chi connectivity index (χ3v) is 9.43. The lowest BCUT2D eigenvalue weighted by Crippen LogP contribution is -2.62. The molecule has 0 unspecified atom stereocenters. The van der Waals surface area contributed by atoms with Gasteiger partial charge in [0.2, 0.25) is 0 Å². The van der Waals surface area contributed by atoms with Gasteiger partial charge in [-0.25, -0.2) is 9.37 Å². The van der Waals surface area contributed by atoms with E-state index in [9.17, 15) is 14.3 Å². The van der Waals surface area contributed by atoms with Crippen molar-refractivity contribution >= 4 is 11.7 Å². The number of hydrogen-bond acceptors (Lipinski definition) is 10. The minimum atomic E-state index is -0.508. The minimum absolute atomic E-state index is 0.0237. The molecule has 2 aromatic rings. The predicted octanol–water partition coefficient (Wildman–Crippen LogP) is 3.93. The van der Waals surface area contributed by atoms with Crippen LogP contribution >= 0.6 is 0 Å². The van der Waals surface area contributed by atoms with E-state index >= 15 is 0 Å². The first-order chi connectivity index (χ1) is 21.5. The van der Waals surface area contributed by atoms with Gasteiger partial charge in [0.1, 0.15) is 17.9 Å². The number of nitrogens with zero attached hydrogens (tertiary/aromatic N) is 7. The van der Waals surface area contributed by atoms with Gasteiger partial charge in [0.25, 0.3) is 11.8 Å². The number of amides is 1. The van der Waals surface area contributed by atoms with E-state index in [1.54, 1.807) is 12.0 Å². The molecule has 45 heavy (non-hydrogen) atoms. The second kappa shape index (κ2) is 15.6. The first kappa shape index (κ1) is 34.9. The second-order valence-corrected chi connectivity index (χ2v) is 13.3. The first-order valence-corrected chi connectivity index (χ1v) is 16.3. The molecular formula is C33H52FN7O4. The van der Waals surface area contributed by atoms with Gasteiger partial charge in [0.15, 0.2) is 5.82 Å². The fraction of sp³-hybridized carbons (Fsp3) is 0.697. The zero-order valence-corrected chi connectivity index (χ0v) is 28.1. The van der Waals surface area contributed by atoms with Crippen LogP contribution in [0.2, 0.25) is 0 Å². The number of rotatable bonds is 16. The summed E-state index contributed by atoms with van der Waals surface area (Å²) in [5.74, 6) is 0.743. The number of hydrogen-bond donors (Lipinski definition) is 1. The molecule has 2 aliphatic heterocycles. The van der Waals surface area contributed by atoms with Gasteiger partial charge in [-0.3, -0.25) is 14.6 Å². The number of ether oxygens (including phenoxy) is 2. The van der Waals surface area contributed by atoms with Crippen LogP contribution in [-0.2, 0) is 4.74 Å². The molecule has 2 fully saturated rings. The summed E-state index contributed by atoms with van der Waals surface area (Å²) < 4.78 is 25.7. The van der Waals surface area contributed by atoms with Crippen molar-refractivity contribution < 1.29 is 23.8 Å². The number of carbonyl (C=O) groups excluding carboxylic acids is 1. The number of aliphatic hydroxyl groups excluding tert-OH is 1. The smallest absolute Gasteiger partial charge is 0.282 e. The Morgan fingerprint density at radius 3 is 2.60 bits per heavy atom. The lowest BCUT2D eigenvalue weighted by Gasteiger charge is -2.53. The van der Waals surface area contributed by atoms with E-state index in [-0.39, 0.29) is 47.2 Å². The number of likely N-dealkylation sites (N-methyl/N-ethyl adjacent to an activating group) is 1. The molecule has 11 nitrogen and oxygen atoms in total. The lowest BCUT2D eigenvalue weighted by molar-refractivity contribution is -0.0350. The average Bonchev–Trinajstić information content (AvgIpc) is 3.44. The highest BCUT2D eigenvalue weighted by molar-refractivity contribution is 5.97. The maximum atomic E-state index is 14.3. The minimum Gasteiger partial charge on any atom is -0.434 e. The van der Waals surface area contributed by atoms with E-state index in [1.807, 2.05) is 20.8 Å². The maximum absolute atomic E-state index is 14.3. The summed E-state index contributed by atoms with van der Waals surface area (Å²) in [6.07, 6.45) is 4.61. The van der Waals surface area contributed by atoms with Crippen molar-refractivity contribution in [1.29, 1.82) is 0 Å². The van der Waals surface area contributed by atoms with E-state index in [0.717, 1.165) is 52.0 Å². The van der Waals surface area contributed by atoms with Gasteiger partial charge in [0.05, 0.1) is 24.8 Å². The molecule has 4 rings (SSSR count). The third kappa shape index (κ3) is 8.27. The predicted molar refractivity (Wildman–Crippen MR) is 172 cm³/mol. The van der Waals surface area contributed by atoms with Crippen molar-refractivity contribution in [3.05, 3.63) is 35.9 Å². The highest BCUT2D eigenvalue weighted by Crippen LogP contribution is 2.44. The van der Waals surface area contributed by atoms with Gasteiger partial charge >= 0.3 is 0 Å². The van der Waals surface area contributed by atoms with E-state index in [1.165, 1.54) is 24.5 Å². The molecule has 2 aliphatic rings. The highest BCUT2D eigenvalue weighted by Gasteiger charge is 2.50. The standard InChI is InChI=1S/C33H52FN7O4/c1-8-41(24(4)5)32(43)27-16-25(34)11-12-29(27)45-31-30(35-22-36-37-31)39-15-13-33(19-39)20-40(21-33)28(23(2)3)10-9-14-38(6)26(17-42)18-44-7/h11-12,16,22-24,26,28,42H,8-10,13-15,17-21H2,1-7H3/t26-,28+/m0/s1. The molecule has 1 spiro atoms. The molecule has 0 radical (unpaired) electrons. The van der Waals surface area contributed by atoms with Gasteiger partial charge in [-0.05, 0) is 77.7 Å². The molecule has 3 heterocycles. The summed E-state index contributed by atoms with van der Waals surface area (Å²) in [6.45, 7) is 16.1. The molecule has 1 N–H and O–H groups in total. The summed E-state index contributed by atoms with van der Waals surface area (Å²) in [5, 5.41) is 17.9. The van der Waals surface area contributed by atoms with Gasteiger partial charge in [0, 0.05) is 57.3 Å². The Bertz CT molecular complexity index is 1260. The van der Waals surface area contributed by atoms with Crippen molar-refractivity contribution in [2.45, 2.75) is 72.0 Å². The monoisotopic (exact) mass is 629 g/mol. The molecule has 1 aromatic carbocycles. The number of likely N-dealkylation sites (tertiary alicyclic amines) is 1. The SMILES string of the molecule is CCN(C(=O)c1cc(F)ccc1Oc1nncnc1N1CCC2(C1)CN([C@H](CCCN(C)[C@@H](CO)COC)C(C)C)C2)C(C)C. The zero-order chi connectivity index (χ0) is 32.7. The van der Waals surface area contributed by atoms with Crippen molar-refractivity contribution in [2.75, 3.05) is 71.5 Å². The Balaban J connectivity index is 1.41. The van der Waals surface area contributed by atoms with Crippen LogP contribution < -0.4 is 9.64 Å². The van der Waals surface area contributed by atoms with Gasteiger partial charge in [-0.1, -0.05) is 13.8 Å². The largest absolute Gasteiger partial charge is 0.434 e. The Morgan fingerprint density at radius 1 is 1.20 bits per heavy atom. The number of methoxy groups -OCH3 is 1. The molecule has 1 amide bonds. The maximum Gasteiger partial charge on any atom is 0.282 e.